The summed E-state index contributed by atoms with van der Waals surface area (Å²) >= 11 is 0. The third-order valence-corrected chi connectivity index (χ3v) is 2.48. The average Bonchev–Trinajstić information content (AvgIpc) is 2.27. The number of aromatic nitrogens is 1. The van der Waals surface area contributed by atoms with Crippen molar-refractivity contribution in [2.75, 3.05) is 0 Å². The van der Waals surface area contributed by atoms with Gasteiger partial charge in [-0.25, -0.2) is 0 Å². The molecule has 0 spiro atoms. The third kappa shape index (κ3) is 1.84. The Morgan fingerprint density at radius 1 is 1.27 bits per heavy atom. The van der Waals surface area contributed by atoms with E-state index in [4.69, 9.17) is 5.73 Å². The van der Waals surface area contributed by atoms with Crippen molar-refractivity contribution < 1.29 is 5.11 Å². The minimum atomic E-state index is -0.663. The summed E-state index contributed by atoms with van der Waals surface area (Å²) in [5, 5.41) is 11.0. The highest BCUT2D eigenvalue weighted by molar-refractivity contribution is 5.81. The standard InChI is InChI=1S/C12H14N2O/c1-8(13)12(15)10-6-2-4-9-5-3-7-14-11(9)10/h2-8,12,15H,13H2,1H3/t8-,12-/m1/s1. The minimum Gasteiger partial charge on any atom is -0.387 e. The van der Waals surface area contributed by atoms with Gasteiger partial charge in [0.25, 0.3) is 0 Å². The SMILES string of the molecule is C[C@@H](N)[C@@H](O)c1cccc2cccnc12. The van der Waals surface area contributed by atoms with Crippen molar-refractivity contribution in [3.05, 3.63) is 42.1 Å². The van der Waals surface area contributed by atoms with Gasteiger partial charge in [0.2, 0.25) is 0 Å². The molecule has 0 saturated carbocycles. The number of benzene rings is 1. The number of hydrogen-bond donors (Lipinski definition) is 2. The highest BCUT2D eigenvalue weighted by atomic mass is 16.3. The molecule has 3 nitrogen and oxygen atoms in total. The second-order valence-corrected chi connectivity index (χ2v) is 3.73. The molecule has 1 aromatic heterocycles. The Kier molecular flexibility index (Phi) is 2.66. The van der Waals surface area contributed by atoms with E-state index in [0.717, 1.165) is 16.5 Å². The maximum atomic E-state index is 9.93. The number of hydrogen-bond acceptors (Lipinski definition) is 3. The zero-order valence-corrected chi connectivity index (χ0v) is 8.59. The first-order valence-corrected chi connectivity index (χ1v) is 4.97. The first-order chi connectivity index (χ1) is 7.20. The van der Waals surface area contributed by atoms with Crippen molar-refractivity contribution in [3.8, 4) is 0 Å². The molecule has 0 bridgehead atoms. The Morgan fingerprint density at radius 2 is 2.00 bits per heavy atom. The lowest BCUT2D eigenvalue weighted by atomic mass is 10.0. The van der Waals surface area contributed by atoms with Gasteiger partial charge in [-0.2, -0.15) is 0 Å². The Balaban J connectivity index is 2.60. The largest absolute Gasteiger partial charge is 0.387 e. The quantitative estimate of drug-likeness (QED) is 0.778. The molecule has 0 aliphatic carbocycles. The van der Waals surface area contributed by atoms with Crippen LogP contribution in [0.15, 0.2) is 36.5 Å². The zero-order valence-electron chi connectivity index (χ0n) is 8.59. The van der Waals surface area contributed by atoms with E-state index >= 15 is 0 Å². The van der Waals surface area contributed by atoms with E-state index in [-0.39, 0.29) is 6.04 Å². The molecule has 0 saturated heterocycles. The lowest BCUT2D eigenvalue weighted by molar-refractivity contribution is 0.154. The van der Waals surface area contributed by atoms with E-state index in [1.165, 1.54) is 0 Å². The van der Waals surface area contributed by atoms with Gasteiger partial charge in [-0.05, 0) is 13.0 Å². The van der Waals surface area contributed by atoms with Gasteiger partial charge in [-0.3, -0.25) is 4.98 Å². The van der Waals surface area contributed by atoms with E-state index in [9.17, 15) is 5.11 Å². The molecule has 1 heterocycles. The fraction of sp³-hybridized carbons (Fsp3) is 0.250. The second-order valence-electron chi connectivity index (χ2n) is 3.73. The molecular formula is C12H14N2O. The Hall–Kier alpha value is -1.45. The van der Waals surface area contributed by atoms with Crippen LogP contribution in [-0.2, 0) is 0 Å². The van der Waals surface area contributed by atoms with Gasteiger partial charge in [-0.1, -0.05) is 24.3 Å². The lowest BCUT2D eigenvalue weighted by Crippen LogP contribution is -2.24. The van der Waals surface area contributed by atoms with Crippen LogP contribution in [0.3, 0.4) is 0 Å². The van der Waals surface area contributed by atoms with Crippen LogP contribution in [0, 0.1) is 0 Å². The van der Waals surface area contributed by atoms with Crippen LogP contribution in [0.5, 0.6) is 0 Å². The molecule has 3 N–H and O–H groups in total. The summed E-state index contributed by atoms with van der Waals surface area (Å²) in [6.07, 6.45) is 1.06. The summed E-state index contributed by atoms with van der Waals surface area (Å²) in [7, 11) is 0. The molecule has 2 aromatic rings. The van der Waals surface area contributed by atoms with Crippen molar-refractivity contribution in [2.45, 2.75) is 19.1 Å². The molecule has 0 aliphatic heterocycles. The van der Waals surface area contributed by atoms with Gasteiger partial charge in [-0.15, -0.1) is 0 Å². The average molecular weight is 202 g/mol. The third-order valence-electron chi connectivity index (χ3n) is 2.48. The van der Waals surface area contributed by atoms with Gasteiger partial charge in [0, 0.05) is 23.2 Å². The normalized spacial score (nSPS) is 15.1. The van der Waals surface area contributed by atoms with Gasteiger partial charge >= 0.3 is 0 Å². The van der Waals surface area contributed by atoms with Gasteiger partial charge < -0.3 is 10.8 Å². The van der Waals surface area contributed by atoms with Crippen molar-refractivity contribution in [3.63, 3.8) is 0 Å². The topological polar surface area (TPSA) is 59.1 Å². The molecule has 0 amide bonds. The smallest absolute Gasteiger partial charge is 0.0959 e. The molecular weight excluding hydrogens is 188 g/mol. The van der Waals surface area contributed by atoms with E-state index < -0.39 is 6.10 Å². The molecule has 0 unspecified atom stereocenters. The van der Waals surface area contributed by atoms with Crippen molar-refractivity contribution >= 4 is 10.9 Å². The van der Waals surface area contributed by atoms with E-state index in [1.54, 1.807) is 13.1 Å². The molecule has 0 radical (unpaired) electrons. The minimum absolute atomic E-state index is 0.294. The van der Waals surface area contributed by atoms with Gasteiger partial charge in [0.15, 0.2) is 0 Å². The molecule has 0 aliphatic rings. The molecule has 3 heteroatoms. The number of aliphatic hydroxyl groups is 1. The van der Waals surface area contributed by atoms with Crippen LogP contribution >= 0.6 is 0 Å². The Morgan fingerprint density at radius 3 is 2.73 bits per heavy atom. The predicted octanol–water partition coefficient (Wildman–Crippen LogP) is 1.62. The van der Waals surface area contributed by atoms with Crippen LogP contribution in [0.4, 0.5) is 0 Å². The number of rotatable bonds is 2. The zero-order chi connectivity index (χ0) is 10.8. The molecule has 78 valence electrons. The Bertz CT molecular complexity index is 463. The van der Waals surface area contributed by atoms with Crippen molar-refractivity contribution in [1.29, 1.82) is 0 Å². The summed E-state index contributed by atoms with van der Waals surface area (Å²) in [5.74, 6) is 0. The first kappa shape index (κ1) is 10.1. The monoisotopic (exact) mass is 202 g/mol. The maximum absolute atomic E-state index is 9.93. The predicted molar refractivity (Wildman–Crippen MR) is 60.4 cm³/mol. The number of nitrogens with two attached hydrogens (primary N) is 1. The molecule has 0 fully saturated rings. The molecule has 1 aromatic carbocycles. The van der Waals surface area contributed by atoms with E-state index in [0.29, 0.717) is 0 Å². The molecule has 2 atom stereocenters. The van der Waals surface area contributed by atoms with Crippen LogP contribution in [0.1, 0.15) is 18.6 Å². The summed E-state index contributed by atoms with van der Waals surface area (Å²) in [6, 6.07) is 9.30. The number of fused-ring (bicyclic) bond motifs is 1. The lowest BCUT2D eigenvalue weighted by Gasteiger charge is -2.16. The number of nitrogens with zero attached hydrogens (tertiary/aromatic N) is 1. The first-order valence-electron chi connectivity index (χ1n) is 4.97. The van der Waals surface area contributed by atoms with Crippen LogP contribution < -0.4 is 5.73 Å². The molecule has 15 heavy (non-hydrogen) atoms. The molecule has 2 rings (SSSR count). The van der Waals surface area contributed by atoms with E-state index in [2.05, 4.69) is 4.98 Å². The number of pyridine rings is 1. The number of para-hydroxylation sites is 1. The summed E-state index contributed by atoms with van der Waals surface area (Å²) in [5.41, 5.74) is 7.30. The Labute approximate surface area is 88.6 Å². The summed E-state index contributed by atoms with van der Waals surface area (Å²) in [4.78, 5) is 4.27. The fourth-order valence-corrected chi connectivity index (χ4v) is 1.65. The van der Waals surface area contributed by atoms with Crippen LogP contribution in [-0.4, -0.2) is 16.1 Å². The second kappa shape index (κ2) is 3.96. The van der Waals surface area contributed by atoms with E-state index in [1.807, 2.05) is 30.3 Å². The fourth-order valence-electron chi connectivity index (χ4n) is 1.65. The maximum Gasteiger partial charge on any atom is 0.0959 e. The van der Waals surface area contributed by atoms with Gasteiger partial charge in [0.1, 0.15) is 0 Å². The van der Waals surface area contributed by atoms with Crippen molar-refractivity contribution in [1.82, 2.24) is 4.98 Å². The number of aliphatic hydroxyl groups excluding tert-OH is 1. The van der Waals surface area contributed by atoms with Crippen molar-refractivity contribution in [2.24, 2.45) is 5.73 Å². The summed E-state index contributed by atoms with van der Waals surface area (Å²) < 4.78 is 0. The highest BCUT2D eigenvalue weighted by Gasteiger charge is 2.15. The summed E-state index contributed by atoms with van der Waals surface area (Å²) in [6.45, 7) is 1.78. The highest BCUT2D eigenvalue weighted by Crippen LogP contribution is 2.23. The van der Waals surface area contributed by atoms with Gasteiger partial charge in [0.05, 0.1) is 11.6 Å². The van der Waals surface area contributed by atoms with Crippen LogP contribution in [0.2, 0.25) is 0 Å². The van der Waals surface area contributed by atoms with Crippen LogP contribution in [0.25, 0.3) is 10.9 Å².